The fraction of sp³-hybridized carbons (Fsp3) is 0.412. The van der Waals surface area contributed by atoms with E-state index in [-0.39, 0.29) is 68.8 Å². The molecule has 0 fully saturated rings. The summed E-state index contributed by atoms with van der Waals surface area (Å²) in [4.78, 5) is 74.7. The van der Waals surface area contributed by atoms with E-state index in [1.54, 1.807) is 0 Å². The molecule has 0 amide bonds. The number of benzene rings is 3. The molecule has 0 N–H and O–H groups in total. The van der Waals surface area contributed by atoms with E-state index in [1.165, 1.54) is 72.8 Å². The van der Waals surface area contributed by atoms with E-state index >= 15 is 0 Å². The Morgan fingerprint density at radius 1 is 0.379 bits per heavy atom. The van der Waals surface area contributed by atoms with Crippen molar-refractivity contribution in [3.05, 3.63) is 127 Å². The predicted octanol–water partition coefficient (Wildman–Crippen LogP) is 10.4. The first kappa shape index (κ1) is 53.8. The molecule has 0 saturated heterocycles. The van der Waals surface area contributed by atoms with Crippen molar-refractivity contribution in [1.29, 1.82) is 0 Å². The van der Waals surface area contributed by atoms with Gasteiger partial charge in [-0.2, -0.15) is 0 Å². The Balaban J connectivity index is 1.33. The van der Waals surface area contributed by atoms with Gasteiger partial charge in [0.15, 0.2) is 0 Å². The Morgan fingerprint density at radius 2 is 0.667 bits per heavy atom. The molecule has 12 nitrogen and oxygen atoms in total. The van der Waals surface area contributed by atoms with Gasteiger partial charge in [0.25, 0.3) is 6.29 Å². The quantitative estimate of drug-likeness (QED) is 0.0192. The standard InChI is InChI=1S/C51H59F3O12/c1-36(39-19-25-42(52)26-20-39)49(58)62-32-13-7-4-10-16-45(55)61-35-31-48(65-46(56)17-11-5-8-14-33-63-50(59)37(2)40-21-27-43(53)28-22-40)66-47(57)18-12-6-9-15-34-64-51(60)38(3)41-23-29-44(54)30-24-41/h19-30,48H,1-18,31-35H2. The summed E-state index contributed by atoms with van der Waals surface area (Å²) < 4.78 is 71.5. The minimum atomic E-state index is -1.29. The molecule has 0 atom stereocenters. The van der Waals surface area contributed by atoms with Gasteiger partial charge < -0.3 is 28.4 Å². The second kappa shape index (κ2) is 30.6. The monoisotopic (exact) mass is 920 g/mol. The van der Waals surface area contributed by atoms with Crippen LogP contribution in [-0.2, 0) is 57.2 Å². The summed E-state index contributed by atoms with van der Waals surface area (Å²) in [7, 11) is 0. The van der Waals surface area contributed by atoms with Crippen LogP contribution in [0.4, 0.5) is 13.2 Å². The molecule has 3 aromatic rings. The zero-order chi connectivity index (χ0) is 48.1. The van der Waals surface area contributed by atoms with Gasteiger partial charge in [-0.25, -0.2) is 27.6 Å². The number of hydrogen-bond donors (Lipinski definition) is 0. The first-order valence-corrected chi connectivity index (χ1v) is 22.1. The molecule has 15 heteroatoms. The number of carbonyl (C=O) groups is 6. The van der Waals surface area contributed by atoms with E-state index in [0.29, 0.717) is 93.7 Å². The molecule has 0 radical (unpaired) electrons. The number of hydrogen-bond acceptors (Lipinski definition) is 12. The number of rotatable bonds is 32. The van der Waals surface area contributed by atoms with Gasteiger partial charge >= 0.3 is 35.8 Å². The summed E-state index contributed by atoms with van der Waals surface area (Å²) in [5.41, 5.74) is 1.74. The van der Waals surface area contributed by atoms with Crippen LogP contribution in [0.25, 0.3) is 16.7 Å². The summed E-state index contributed by atoms with van der Waals surface area (Å²) >= 11 is 0. The van der Waals surface area contributed by atoms with Gasteiger partial charge in [-0.15, -0.1) is 0 Å². The fourth-order valence-corrected chi connectivity index (χ4v) is 6.13. The van der Waals surface area contributed by atoms with Crippen LogP contribution in [-0.4, -0.2) is 68.5 Å². The number of halogens is 3. The van der Waals surface area contributed by atoms with E-state index in [2.05, 4.69) is 19.7 Å². The van der Waals surface area contributed by atoms with Crippen LogP contribution in [0, 0.1) is 17.5 Å². The van der Waals surface area contributed by atoms with Crippen molar-refractivity contribution in [2.75, 3.05) is 26.4 Å². The van der Waals surface area contributed by atoms with Crippen LogP contribution >= 0.6 is 0 Å². The molecule has 0 unspecified atom stereocenters. The lowest BCUT2D eigenvalue weighted by atomic mass is 10.1. The highest BCUT2D eigenvalue weighted by molar-refractivity contribution is 6.16. The smallest absolute Gasteiger partial charge is 0.338 e. The SMILES string of the molecule is C=C(C(=O)OCCCCCCC(=O)OCCC(OC(=O)CCCCCCOC(=O)C(=C)c1ccc(F)cc1)OC(=O)CCCCCCOC(=O)C(=C)c1ccc(F)cc1)c1ccc(F)cc1. The van der Waals surface area contributed by atoms with Crippen LogP contribution < -0.4 is 0 Å². The van der Waals surface area contributed by atoms with Crippen LogP contribution in [0.2, 0.25) is 0 Å². The molecule has 0 bridgehead atoms. The lowest BCUT2D eigenvalue weighted by molar-refractivity contribution is -0.191. The minimum absolute atomic E-state index is 0.0268. The zero-order valence-electron chi connectivity index (χ0n) is 37.3. The molecule has 0 aliphatic carbocycles. The third kappa shape index (κ3) is 21.9. The van der Waals surface area contributed by atoms with E-state index < -0.39 is 59.6 Å². The van der Waals surface area contributed by atoms with Crippen molar-refractivity contribution >= 4 is 52.5 Å². The predicted molar refractivity (Wildman–Crippen MR) is 240 cm³/mol. The molecule has 0 aliphatic heterocycles. The Morgan fingerprint density at radius 3 is 0.985 bits per heavy atom. The van der Waals surface area contributed by atoms with Gasteiger partial charge in [0.1, 0.15) is 17.5 Å². The molecule has 0 aliphatic rings. The summed E-state index contributed by atoms with van der Waals surface area (Å²) in [5.74, 6) is -4.80. The second-order valence-corrected chi connectivity index (χ2v) is 15.3. The Labute approximate surface area is 384 Å². The number of ether oxygens (including phenoxy) is 6. The van der Waals surface area contributed by atoms with Crippen molar-refractivity contribution in [2.24, 2.45) is 0 Å². The number of carbonyl (C=O) groups excluding carboxylic acids is 6. The van der Waals surface area contributed by atoms with Gasteiger partial charge in [-0.3, -0.25) is 14.4 Å². The molecule has 0 spiro atoms. The minimum Gasteiger partial charge on any atom is -0.465 e. The third-order valence-corrected chi connectivity index (χ3v) is 9.98. The first-order valence-electron chi connectivity index (χ1n) is 22.1. The summed E-state index contributed by atoms with van der Waals surface area (Å²) in [6.45, 7) is 11.4. The molecule has 0 aromatic heterocycles. The molecule has 3 rings (SSSR count). The molecular formula is C51H59F3O12. The van der Waals surface area contributed by atoms with Crippen molar-refractivity contribution in [3.63, 3.8) is 0 Å². The van der Waals surface area contributed by atoms with Gasteiger partial charge in [0.2, 0.25) is 0 Å². The molecule has 3 aromatic carbocycles. The summed E-state index contributed by atoms with van der Waals surface area (Å²) in [6.07, 6.45) is 5.74. The third-order valence-electron chi connectivity index (χ3n) is 9.98. The molecule has 356 valence electrons. The highest BCUT2D eigenvalue weighted by Gasteiger charge is 2.20. The van der Waals surface area contributed by atoms with Gasteiger partial charge in [0.05, 0.1) is 49.6 Å². The van der Waals surface area contributed by atoms with Crippen LogP contribution in [0.3, 0.4) is 0 Å². The average molecular weight is 921 g/mol. The molecular weight excluding hydrogens is 862 g/mol. The average Bonchev–Trinajstić information content (AvgIpc) is 3.30. The van der Waals surface area contributed by atoms with Crippen LogP contribution in [0.1, 0.15) is 119 Å². The molecule has 0 heterocycles. The Bertz CT molecular complexity index is 1970. The maximum Gasteiger partial charge on any atom is 0.338 e. The first-order chi connectivity index (χ1) is 31.7. The van der Waals surface area contributed by atoms with Gasteiger partial charge in [-0.05, 0) is 91.6 Å². The van der Waals surface area contributed by atoms with Crippen molar-refractivity contribution in [3.8, 4) is 0 Å². The van der Waals surface area contributed by atoms with Crippen molar-refractivity contribution in [1.82, 2.24) is 0 Å². The maximum absolute atomic E-state index is 13.2. The van der Waals surface area contributed by atoms with E-state index in [4.69, 9.17) is 28.4 Å². The largest absolute Gasteiger partial charge is 0.465 e. The topological polar surface area (TPSA) is 158 Å². The highest BCUT2D eigenvalue weighted by Crippen LogP contribution is 2.19. The van der Waals surface area contributed by atoms with Crippen molar-refractivity contribution in [2.45, 2.75) is 109 Å². The van der Waals surface area contributed by atoms with Gasteiger partial charge in [-0.1, -0.05) is 94.7 Å². The fourth-order valence-electron chi connectivity index (χ4n) is 6.13. The van der Waals surface area contributed by atoms with Crippen molar-refractivity contribution < 1.29 is 70.4 Å². The Kier molecular flexibility index (Phi) is 25.0. The lowest BCUT2D eigenvalue weighted by Gasteiger charge is -2.18. The highest BCUT2D eigenvalue weighted by atomic mass is 19.1. The normalized spacial score (nSPS) is 10.7. The number of unbranched alkanes of at least 4 members (excludes halogenated alkanes) is 9. The maximum atomic E-state index is 13.2. The van der Waals surface area contributed by atoms with E-state index in [0.717, 1.165) is 0 Å². The molecule has 0 saturated carbocycles. The van der Waals surface area contributed by atoms with E-state index in [1.807, 2.05) is 0 Å². The lowest BCUT2D eigenvalue weighted by Crippen LogP contribution is -2.26. The summed E-state index contributed by atoms with van der Waals surface area (Å²) in [5, 5.41) is 0. The van der Waals surface area contributed by atoms with E-state index in [9.17, 15) is 41.9 Å². The van der Waals surface area contributed by atoms with Gasteiger partial charge in [0, 0.05) is 19.3 Å². The van der Waals surface area contributed by atoms with Crippen LogP contribution in [0.5, 0.6) is 0 Å². The number of esters is 6. The van der Waals surface area contributed by atoms with Crippen LogP contribution in [0.15, 0.2) is 92.5 Å². The second-order valence-electron chi connectivity index (χ2n) is 15.3. The Hall–Kier alpha value is -6.51. The summed E-state index contributed by atoms with van der Waals surface area (Å²) in [6, 6.07) is 16.0. The molecule has 66 heavy (non-hydrogen) atoms. The zero-order valence-corrected chi connectivity index (χ0v) is 37.3.